The molecule has 1 atom stereocenters. The molecule has 0 bridgehead atoms. The first-order valence-corrected chi connectivity index (χ1v) is 8.21. The molecule has 2 heterocycles. The van der Waals surface area contributed by atoms with Crippen LogP contribution in [0.5, 0.6) is 0 Å². The van der Waals surface area contributed by atoms with Gasteiger partial charge in [-0.1, -0.05) is 25.1 Å². The lowest BCUT2D eigenvalue weighted by Crippen LogP contribution is -2.22. The van der Waals surface area contributed by atoms with Crippen molar-refractivity contribution < 1.29 is 0 Å². The van der Waals surface area contributed by atoms with Gasteiger partial charge in [-0.25, -0.2) is 0 Å². The van der Waals surface area contributed by atoms with E-state index in [-0.39, 0.29) is 0 Å². The van der Waals surface area contributed by atoms with Gasteiger partial charge in [0.25, 0.3) is 0 Å². The largest absolute Gasteiger partial charge is 0.309 e. The average Bonchev–Trinajstić information content (AvgIpc) is 3.04. The molecule has 1 unspecified atom stereocenters. The van der Waals surface area contributed by atoms with E-state index in [9.17, 15) is 0 Å². The molecule has 0 aliphatic rings. The van der Waals surface area contributed by atoms with E-state index in [1.807, 2.05) is 23.1 Å². The highest BCUT2D eigenvalue weighted by Gasteiger charge is 2.17. The van der Waals surface area contributed by atoms with Crippen LogP contribution in [-0.4, -0.2) is 16.3 Å². The molecule has 0 aliphatic heterocycles. The van der Waals surface area contributed by atoms with Crippen molar-refractivity contribution in [3.8, 4) is 0 Å². The summed E-state index contributed by atoms with van der Waals surface area (Å²) in [5, 5.41) is 9.58. The van der Waals surface area contributed by atoms with Crippen molar-refractivity contribution in [3.63, 3.8) is 0 Å². The molecule has 4 heteroatoms. The van der Waals surface area contributed by atoms with Gasteiger partial charge in [-0.2, -0.15) is 5.10 Å². The average molecular weight is 299 g/mol. The SMILES string of the molecule is CCNC(Cc1nn(C)c2ccccc12)c1ccc(C)s1. The first-order valence-electron chi connectivity index (χ1n) is 7.39. The minimum atomic E-state index is 0.340. The molecule has 2 aromatic heterocycles. The number of likely N-dealkylation sites (N-methyl/N-ethyl adjacent to an activating group) is 1. The number of hydrogen-bond acceptors (Lipinski definition) is 3. The number of thiophene rings is 1. The van der Waals surface area contributed by atoms with Gasteiger partial charge in [0.05, 0.1) is 11.2 Å². The van der Waals surface area contributed by atoms with Gasteiger partial charge in [0.15, 0.2) is 0 Å². The number of benzene rings is 1. The Kier molecular flexibility index (Phi) is 4.08. The molecule has 0 amide bonds. The number of aromatic nitrogens is 2. The summed E-state index contributed by atoms with van der Waals surface area (Å²) in [4.78, 5) is 2.75. The summed E-state index contributed by atoms with van der Waals surface area (Å²) >= 11 is 1.87. The van der Waals surface area contributed by atoms with Gasteiger partial charge in [-0.15, -0.1) is 11.3 Å². The fraction of sp³-hybridized carbons (Fsp3) is 0.353. The van der Waals surface area contributed by atoms with Crippen molar-refractivity contribution in [2.24, 2.45) is 7.05 Å². The second kappa shape index (κ2) is 6.00. The summed E-state index contributed by atoms with van der Waals surface area (Å²) in [5.41, 5.74) is 2.37. The first-order chi connectivity index (χ1) is 10.2. The van der Waals surface area contributed by atoms with E-state index >= 15 is 0 Å². The van der Waals surface area contributed by atoms with Crippen molar-refractivity contribution in [2.45, 2.75) is 26.3 Å². The highest BCUT2D eigenvalue weighted by atomic mass is 32.1. The summed E-state index contributed by atoms with van der Waals surface area (Å²) < 4.78 is 1.98. The zero-order valence-electron chi connectivity index (χ0n) is 12.8. The number of rotatable bonds is 5. The van der Waals surface area contributed by atoms with Crippen LogP contribution in [0.3, 0.4) is 0 Å². The standard InChI is InChI=1S/C17H21N3S/c1-4-18-15(17-10-9-12(2)21-17)11-14-13-7-5-6-8-16(13)20(3)19-14/h5-10,15,18H,4,11H2,1-3H3. The Hall–Kier alpha value is -1.65. The van der Waals surface area contributed by atoms with Gasteiger partial charge in [0.2, 0.25) is 0 Å². The summed E-state index contributed by atoms with van der Waals surface area (Å²) in [6, 6.07) is 13.2. The van der Waals surface area contributed by atoms with Crippen LogP contribution in [0.4, 0.5) is 0 Å². The molecule has 21 heavy (non-hydrogen) atoms. The van der Waals surface area contributed by atoms with Crippen molar-refractivity contribution >= 4 is 22.2 Å². The van der Waals surface area contributed by atoms with Crippen LogP contribution in [0.1, 0.15) is 28.4 Å². The number of nitrogens with one attached hydrogen (secondary N) is 1. The molecule has 1 N–H and O–H groups in total. The third kappa shape index (κ3) is 2.87. The van der Waals surface area contributed by atoms with Gasteiger partial charge in [0, 0.05) is 34.7 Å². The van der Waals surface area contributed by atoms with E-state index in [4.69, 9.17) is 5.10 Å². The van der Waals surface area contributed by atoms with E-state index in [0.717, 1.165) is 13.0 Å². The maximum absolute atomic E-state index is 4.73. The molecular weight excluding hydrogens is 278 g/mol. The Bertz CT molecular complexity index is 741. The molecule has 3 nitrogen and oxygen atoms in total. The number of aryl methyl sites for hydroxylation is 2. The van der Waals surface area contributed by atoms with E-state index in [1.54, 1.807) is 0 Å². The quantitative estimate of drug-likeness (QED) is 0.776. The maximum Gasteiger partial charge on any atom is 0.0722 e. The van der Waals surface area contributed by atoms with E-state index in [0.29, 0.717) is 6.04 Å². The molecule has 0 fully saturated rings. The summed E-state index contributed by atoms with van der Waals surface area (Å²) in [6.07, 6.45) is 0.926. The minimum Gasteiger partial charge on any atom is -0.309 e. The Balaban J connectivity index is 1.94. The van der Waals surface area contributed by atoms with Gasteiger partial charge >= 0.3 is 0 Å². The fourth-order valence-electron chi connectivity index (χ4n) is 2.79. The monoisotopic (exact) mass is 299 g/mol. The zero-order valence-corrected chi connectivity index (χ0v) is 13.6. The van der Waals surface area contributed by atoms with Crippen LogP contribution in [0.15, 0.2) is 36.4 Å². The zero-order chi connectivity index (χ0) is 14.8. The smallest absolute Gasteiger partial charge is 0.0722 e. The lowest BCUT2D eigenvalue weighted by molar-refractivity contribution is 0.549. The molecule has 1 aromatic carbocycles. The van der Waals surface area contributed by atoms with Crippen molar-refractivity contribution in [3.05, 3.63) is 51.8 Å². The summed E-state index contributed by atoms with van der Waals surface area (Å²) in [5.74, 6) is 0. The van der Waals surface area contributed by atoms with Gasteiger partial charge in [-0.3, -0.25) is 4.68 Å². The van der Waals surface area contributed by atoms with Crippen LogP contribution in [0, 0.1) is 6.92 Å². The lowest BCUT2D eigenvalue weighted by atomic mass is 10.1. The molecular formula is C17H21N3S. The lowest BCUT2D eigenvalue weighted by Gasteiger charge is -2.15. The second-order valence-electron chi connectivity index (χ2n) is 5.35. The van der Waals surface area contributed by atoms with Crippen LogP contribution in [-0.2, 0) is 13.5 Å². The normalized spacial score (nSPS) is 12.9. The molecule has 0 aliphatic carbocycles. The van der Waals surface area contributed by atoms with E-state index in [2.05, 4.69) is 55.6 Å². The summed E-state index contributed by atoms with van der Waals surface area (Å²) in [7, 11) is 2.02. The fourth-order valence-corrected chi connectivity index (χ4v) is 3.75. The van der Waals surface area contributed by atoms with Gasteiger partial charge in [0.1, 0.15) is 0 Å². The van der Waals surface area contributed by atoms with Crippen LogP contribution in [0.2, 0.25) is 0 Å². The molecule has 3 rings (SSSR count). The Morgan fingerprint density at radius 3 is 2.76 bits per heavy atom. The first kappa shape index (κ1) is 14.3. The maximum atomic E-state index is 4.73. The number of fused-ring (bicyclic) bond motifs is 1. The minimum absolute atomic E-state index is 0.340. The van der Waals surface area contributed by atoms with E-state index in [1.165, 1.54) is 26.4 Å². The van der Waals surface area contributed by atoms with E-state index < -0.39 is 0 Å². The molecule has 0 saturated heterocycles. The second-order valence-corrected chi connectivity index (χ2v) is 6.67. The number of hydrogen-bond donors (Lipinski definition) is 1. The predicted octanol–water partition coefficient (Wildman–Crippen LogP) is 3.84. The van der Waals surface area contributed by atoms with Crippen molar-refractivity contribution in [1.29, 1.82) is 0 Å². The Morgan fingerprint density at radius 1 is 1.24 bits per heavy atom. The summed E-state index contributed by atoms with van der Waals surface area (Å²) in [6.45, 7) is 5.28. The molecule has 3 aromatic rings. The number of nitrogens with zero attached hydrogens (tertiary/aromatic N) is 2. The third-order valence-corrected chi connectivity index (χ3v) is 4.90. The highest BCUT2D eigenvalue weighted by molar-refractivity contribution is 7.12. The molecule has 0 spiro atoms. The molecule has 0 saturated carbocycles. The third-order valence-electron chi connectivity index (χ3n) is 3.79. The molecule has 110 valence electrons. The highest BCUT2D eigenvalue weighted by Crippen LogP contribution is 2.28. The molecule has 0 radical (unpaired) electrons. The van der Waals surface area contributed by atoms with Crippen molar-refractivity contribution in [2.75, 3.05) is 6.54 Å². The van der Waals surface area contributed by atoms with Gasteiger partial charge < -0.3 is 5.32 Å². The number of para-hydroxylation sites is 1. The van der Waals surface area contributed by atoms with Crippen LogP contribution in [0.25, 0.3) is 10.9 Å². The Morgan fingerprint density at radius 2 is 2.05 bits per heavy atom. The van der Waals surface area contributed by atoms with Crippen molar-refractivity contribution in [1.82, 2.24) is 15.1 Å². The van der Waals surface area contributed by atoms with Crippen LogP contribution >= 0.6 is 11.3 Å². The van der Waals surface area contributed by atoms with Gasteiger partial charge in [-0.05, 0) is 31.7 Å². The Labute approximate surface area is 129 Å². The van der Waals surface area contributed by atoms with Crippen LogP contribution < -0.4 is 5.32 Å². The predicted molar refractivity (Wildman–Crippen MR) is 89.9 cm³/mol. The topological polar surface area (TPSA) is 29.9 Å².